The maximum absolute atomic E-state index is 12.3. The van der Waals surface area contributed by atoms with Gasteiger partial charge in [0.15, 0.2) is 5.75 Å². The highest BCUT2D eigenvalue weighted by atomic mass is 32.1. The highest BCUT2D eigenvalue weighted by molar-refractivity contribution is 7.15. The van der Waals surface area contributed by atoms with Gasteiger partial charge in [0.2, 0.25) is 5.13 Å². The molecule has 0 bridgehead atoms. The highest BCUT2D eigenvalue weighted by Gasteiger charge is 2.19. The highest BCUT2D eigenvalue weighted by Crippen LogP contribution is 2.28. The summed E-state index contributed by atoms with van der Waals surface area (Å²) in [6.45, 7) is 0.428. The normalized spacial score (nSPS) is 10.3. The van der Waals surface area contributed by atoms with Crippen LogP contribution in [0.4, 0.5) is 10.8 Å². The number of para-hydroxylation sites is 1. The summed E-state index contributed by atoms with van der Waals surface area (Å²) in [5.74, 6) is 0.328. The van der Waals surface area contributed by atoms with Crippen molar-refractivity contribution in [2.45, 2.75) is 6.42 Å². The molecule has 1 heterocycles. The number of hydrogen-bond acceptors (Lipinski definition) is 8. The third-order valence-corrected chi connectivity index (χ3v) is 4.55. The number of aromatic nitrogens is 2. The zero-order valence-electron chi connectivity index (χ0n) is 14.8. The largest absolute Gasteiger partial charge is 0.493 e. The van der Waals surface area contributed by atoms with Gasteiger partial charge in [0.05, 0.1) is 18.6 Å². The van der Waals surface area contributed by atoms with E-state index < -0.39 is 10.8 Å². The number of nitro benzene ring substituents is 1. The van der Waals surface area contributed by atoms with Crippen molar-refractivity contribution in [2.24, 2.45) is 0 Å². The Balaban J connectivity index is 1.59. The number of methoxy groups -OCH3 is 1. The van der Waals surface area contributed by atoms with Gasteiger partial charge in [-0.05, 0) is 24.3 Å². The predicted molar refractivity (Wildman–Crippen MR) is 103 cm³/mol. The minimum atomic E-state index is -0.606. The molecular formula is C18H16N4O5S. The Morgan fingerprint density at radius 3 is 2.71 bits per heavy atom. The van der Waals surface area contributed by atoms with Crippen LogP contribution in [0.1, 0.15) is 15.4 Å². The number of amides is 1. The van der Waals surface area contributed by atoms with Gasteiger partial charge in [-0.3, -0.25) is 20.2 Å². The van der Waals surface area contributed by atoms with E-state index in [1.807, 2.05) is 30.3 Å². The summed E-state index contributed by atoms with van der Waals surface area (Å²) in [5, 5.41) is 22.6. The molecule has 0 unspecified atom stereocenters. The van der Waals surface area contributed by atoms with Gasteiger partial charge in [0, 0.05) is 18.1 Å². The molecule has 0 aliphatic carbocycles. The lowest BCUT2D eigenvalue weighted by molar-refractivity contribution is -0.385. The lowest BCUT2D eigenvalue weighted by Gasteiger charge is -2.04. The van der Waals surface area contributed by atoms with Crippen LogP contribution >= 0.6 is 11.3 Å². The number of carbonyl (C=O) groups is 1. The second-order valence-corrected chi connectivity index (χ2v) is 6.57. The molecule has 0 saturated heterocycles. The molecule has 0 aliphatic rings. The van der Waals surface area contributed by atoms with Gasteiger partial charge in [0.1, 0.15) is 10.8 Å². The third kappa shape index (κ3) is 4.80. The molecule has 1 amide bonds. The van der Waals surface area contributed by atoms with Gasteiger partial charge in [-0.2, -0.15) is 0 Å². The number of nitrogens with zero attached hydrogens (tertiary/aromatic N) is 3. The lowest BCUT2D eigenvalue weighted by Crippen LogP contribution is -2.12. The molecule has 3 aromatic rings. The standard InChI is InChI=1S/C18H16N4O5S/c1-26-15-8-7-12(11-14(15)22(24)25)17(23)19-18-21-20-16(28-18)9-10-27-13-5-3-2-4-6-13/h2-8,11H,9-10H2,1H3,(H,19,21,23). The molecule has 0 saturated carbocycles. The zero-order valence-corrected chi connectivity index (χ0v) is 15.6. The lowest BCUT2D eigenvalue weighted by atomic mass is 10.2. The Hall–Kier alpha value is -3.53. The number of hydrogen-bond donors (Lipinski definition) is 1. The molecule has 1 aromatic heterocycles. The van der Waals surface area contributed by atoms with E-state index in [1.54, 1.807) is 0 Å². The topological polar surface area (TPSA) is 116 Å². The average molecular weight is 400 g/mol. The molecule has 0 atom stereocenters. The van der Waals surface area contributed by atoms with Crippen LogP contribution in [-0.4, -0.2) is 34.7 Å². The van der Waals surface area contributed by atoms with E-state index in [9.17, 15) is 14.9 Å². The summed E-state index contributed by atoms with van der Waals surface area (Å²) in [6.07, 6.45) is 0.538. The number of nitrogens with one attached hydrogen (secondary N) is 1. The first-order valence-electron chi connectivity index (χ1n) is 8.21. The van der Waals surface area contributed by atoms with Crippen molar-refractivity contribution in [1.29, 1.82) is 0 Å². The van der Waals surface area contributed by atoms with E-state index in [4.69, 9.17) is 9.47 Å². The fraction of sp³-hybridized carbons (Fsp3) is 0.167. The maximum Gasteiger partial charge on any atom is 0.311 e. The van der Waals surface area contributed by atoms with E-state index in [0.29, 0.717) is 23.2 Å². The molecule has 144 valence electrons. The second-order valence-electron chi connectivity index (χ2n) is 5.51. The Kier molecular flexibility index (Phi) is 6.12. The quantitative estimate of drug-likeness (QED) is 0.455. The van der Waals surface area contributed by atoms with E-state index in [0.717, 1.165) is 11.8 Å². The van der Waals surface area contributed by atoms with E-state index in [2.05, 4.69) is 15.5 Å². The minimum Gasteiger partial charge on any atom is -0.493 e. The van der Waals surface area contributed by atoms with Crippen LogP contribution < -0.4 is 14.8 Å². The Labute approximate surface area is 164 Å². The summed E-state index contributed by atoms with van der Waals surface area (Å²) < 4.78 is 10.5. The molecule has 28 heavy (non-hydrogen) atoms. The number of anilines is 1. The molecule has 1 N–H and O–H groups in total. The van der Waals surface area contributed by atoms with Crippen molar-refractivity contribution in [2.75, 3.05) is 19.0 Å². The average Bonchev–Trinajstić information content (AvgIpc) is 3.15. The van der Waals surface area contributed by atoms with Crippen molar-refractivity contribution >= 4 is 28.1 Å². The van der Waals surface area contributed by atoms with Crippen LogP contribution in [0.3, 0.4) is 0 Å². The fourth-order valence-corrected chi connectivity index (χ4v) is 3.04. The second kappa shape index (κ2) is 8.91. The summed E-state index contributed by atoms with van der Waals surface area (Å²) in [7, 11) is 1.33. The first-order chi connectivity index (χ1) is 13.6. The number of carbonyl (C=O) groups excluding carboxylic acids is 1. The van der Waals surface area contributed by atoms with Crippen molar-refractivity contribution < 1.29 is 19.2 Å². The van der Waals surface area contributed by atoms with Gasteiger partial charge >= 0.3 is 5.69 Å². The molecule has 10 heteroatoms. The molecule has 0 radical (unpaired) electrons. The molecule has 9 nitrogen and oxygen atoms in total. The first-order valence-corrected chi connectivity index (χ1v) is 9.02. The molecule has 0 aliphatic heterocycles. The molecule has 0 spiro atoms. The van der Waals surface area contributed by atoms with E-state index >= 15 is 0 Å². The fourth-order valence-electron chi connectivity index (χ4n) is 2.32. The molecule has 2 aromatic carbocycles. The summed E-state index contributed by atoms with van der Waals surface area (Å²) in [6, 6.07) is 13.4. The van der Waals surface area contributed by atoms with Crippen LogP contribution in [0.15, 0.2) is 48.5 Å². The summed E-state index contributed by atoms with van der Waals surface area (Å²) in [5.41, 5.74) is -0.164. The monoisotopic (exact) mass is 400 g/mol. The van der Waals surface area contributed by atoms with Crippen molar-refractivity contribution in [3.63, 3.8) is 0 Å². The maximum atomic E-state index is 12.3. The first kappa shape index (κ1) is 19.2. The van der Waals surface area contributed by atoms with Crippen LogP contribution in [0.2, 0.25) is 0 Å². The molecular weight excluding hydrogens is 384 g/mol. The van der Waals surface area contributed by atoms with Crippen LogP contribution in [0.25, 0.3) is 0 Å². The van der Waals surface area contributed by atoms with Crippen molar-refractivity contribution in [3.8, 4) is 11.5 Å². The van der Waals surface area contributed by atoms with Crippen LogP contribution in [0, 0.1) is 10.1 Å². The smallest absolute Gasteiger partial charge is 0.311 e. The summed E-state index contributed by atoms with van der Waals surface area (Å²) in [4.78, 5) is 22.8. The van der Waals surface area contributed by atoms with Gasteiger partial charge in [-0.15, -0.1) is 10.2 Å². The predicted octanol–water partition coefficient (Wildman–Crippen LogP) is 3.33. The number of ether oxygens (including phenoxy) is 2. The van der Waals surface area contributed by atoms with Gasteiger partial charge in [0.25, 0.3) is 5.91 Å². The van der Waals surface area contributed by atoms with Gasteiger partial charge < -0.3 is 9.47 Å². The number of nitro groups is 1. The Bertz CT molecular complexity index is 977. The summed E-state index contributed by atoms with van der Waals surface area (Å²) >= 11 is 1.22. The Morgan fingerprint density at radius 2 is 2.00 bits per heavy atom. The number of benzene rings is 2. The number of rotatable bonds is 8. The molecule has 0 fully saturated rings. The van der Waals surface area contributed by atoms with Gasteiger partial charge in [-0.1, -0.05) is 29.5 Å². The van der Waals surface area contributed by atoms with E-state index in [-0.39, 0.29) is 17.0 Å². The van der Waals surface area contributed by atoms with Crippen molar-refractivity contribution in [1.82, 2.24) is 10.2 Å². The van der Waals surface area contributed by atoms with Gasteiger partial charge in [-0.25, -0.2) is 0 Å². The van der Waals surface area contributed by atoms with Crippen LogP contribution in [0.5, 0.6) is 11.5 Å². The minimum absolute atomic E-state index is 0.0816. The van der Waals surface area contributed by atoms with E-state index in [1.165, 1.54) is 30.6 Å². The molecule has 3 rings (SSSR count). The zero-order chi connectivity index (χ0) is 19.9. The SMILES string of the molecule is COc1ccc(C(=O)Nc2nnc(CCOc3ccccc3)s2)cc1[N+](=O)[O-]. The van der Waals surface area contributed by atoms with Crippen molar-refractivity contribution in [3.05, 3.63) is 69.2 Å². The third-order valence-electron chi connectivity index (χ3n) is 3.65. The van der Waals surface area contributed by atoms with Crippen LogP contribution in [-0.2, 0) is 6.42 Å². The Morgan fingerprint density at radius 1 is 1.21 bits per heavy atom.